The van der Waals surface area contributed by atoms with Gasteiger partial charge in [0, 0.05) is 19.6 Å². The van der Waals surface area contributed by atoms with Gasteiger partial charge in [0.2, 0.25) is 0 Å². The van der Waals surface area contributed by atoms with Crippen molar-refractivity contribution in [2.24, 2.45) is 0 Å². The van der Waals surface area contributed by atoms with Crippen LogP contribution in [-0.4, -0.2) is 63.3 Å². The Morgan fingerprint density at radius 1 is 1.61 bits per heavy atom. The van der Waals surface area contributed by atoms with E-state index in [-0.39, 0.29) is 17.8 Å². The second-order valence-corrected chi connectivity index (χ2v) is 4.72. The van der Waals surface area contributed by atoms with Gasteiger partial charge in [-0.1, -0.05) is 5.21 Å². The van der Waals surface area contributed by atoms with Gasteiger partial charge < -0.3 is 9.84 Å². The van der Waals surface area contributed by atoms with Crippen molar-refractivity contribution in [3.63, 3.8) is 0 Å². The molecule has 1 aliphatic heterocycles. The van der Waals surface area contributed by atoms with Crippen LogP contribution in [0.1, 0.15) is 30.4 Å². The first-order valence-electron chi connectivity index (χ1n) is 6.05. The number of rotatable bonds is 6. The van der Waals surface area contributed by atoms with Gasteiger partial charge in [0.15, 0.2) is 5.69 Å². The molecule has 0 saturated carbocycles. The highest BCUT2D eigenvalue weighted by molar-refractivity contribution is 5.84. The minimum atomic E-state index is -1.04. The molecule has 7 heteroatoms. The van der Waals surface area contributed by atoms with E-state index in [0.717, 1.165) is 26.2 Å². The summed E-state index contributed by atoms with van der Waals surface area (Å²) in [5.41, 5.74) is -0.00316. The first-order chi connectivity index (χ1) is 8.56. The molecule has 1 saturated heterocycles. The first kappa shape index (κ1) is 13.0. The van der Waals surface area contributed by atoms with Gasteiger partial charge in [-0.3, -0.25) is 4.90 Å². The molecule has 7 nitrogen and oxygen atoms in total. The SMILES string of the molecule is CC(C)OCCN1CC(n2cc(C(=O)O)nn2)C1. The maximum Gasteiger partial charge on any atom is 0.358 e. The minimum Gasteiger partial charge on any atom is -0.476 e. The summed E-state index contributed by atoms with van der Waals surface area (Å²) < 4.78 is 7.10. The summed E-state index contributed by atoms with van der Waals surface area (Å²) in [6.45, 7) is 7.38. The van der Waals surface area contributed by atoms with Crippen LogP contribution in [-0.2, 0) is 4.74 Å². The van der Waals surface area contributed by atoms with Crippen LogP contribution in [0, 0.1) is 0 Å². The van der Waals surface area contributed by atoms with Gasteiger partial charge in [0.25, 0.3) is 0 Å². The summed E-state index contributed by atoms with van der Waals surface area (Å²) in [6, 6.07) is 0.227. The Hall–Kier alpha value is -1.47. The molecule has 18 heavy (non-hydrogen) atoms. The number of aromatic nitrogens is 3. The van der Waals surface area contributed by atoms with Crippen LogP contribution in [0.15, 0.2) is 6.20 Å². The number of hydrogen-bond acceptors (Lipinski definition) is 5. The number of hydrogen-bond donors (Lipinski definition) is 1. The number of likely N-dealkylation sites (tertiary alicyclic amines) is 1. The van der Waals surface area contributed by atoms with E-state index in [1.165, 1.54) is 6.20 Å². The average Bonchev–Trinajstić information content (AvgIpc) is 2.69. The molecular formula is C11H18N4O3. The van der Waals surface area contributed by atoms with Gasteiger partial charge in [0.05, 0.1) is 24.9 Å². The molecule has 0 bridgehead atoms. The molecule has 0 spiro atoms. The van der Waals surface area contributed by atoms with Crippen LogP contribution < -0.4 is 0 Å². The monoisotopic (exact) mass is 254 g/mol. The first-order valence-corrected chi connectivity index (χ1v) is 6.05. The van der Waals surface area contributed by atoms with Crippen molar-refractivity contribution in [2.45, 2.75) is 26.0 Å². The van der Waals surface area contributed by atoms with E-state index in [1.54, 1.807) is 4.68 Å². The number of nitrogens with zero attached hydrogens (tertiary/aromatic N) is 4. The van der Waals surface area contributed by atoms with Gasteiger partial charge in [0.1, 0.15) is 0 Å². The molecule has 1 aliphatic rings. The molecule has 2 heterocycles. The van der Waals surface area contributed by atoms with Crippen molar-refractivity contribution in [1.29, 1.82) is 0 Å². The second kappa shape index (κ2) is 5.45. The van der Waals surface area contributed by atoms with Crippen LogP contribution in [0.2, 0.25) is 0 Å². The van der Waals surface area contributed by atoms with Crippen LogP contribution in [0.3, 0.4) is 0 Å². The Bertz CT molecular complexity index is 412. The molecule has 1 aromatic heterocycles. The summed E-state index contributed by atoms with van der Waals surface area (Å²) in [5, 5.41) is 16.2. The van der Waals surface area contributed by atoms with E-state index in [0.29, 0.717) is 0 Å². The number of carboxylic acid groups (broad SMARTS) is 1. The Labute approximate surface area is 105 Å². The highest BCUT2D eigenvalue weighted by atomic mass is 16.5. The summed E-state index contributed by atoms with van der Waals surface area (Å²) in [7, 11) is 0. The van der Waals surface area contributed by atoms with Gasteiger partial charge >= 0.3 is 5.97 Å². The molecule has 0 radical (unpaired) electrons. The Morgan fingerprint density at radius 2 is 2.33 bits per heavy atom. The molecule has 0 amide bonds. The molecule has 0 unspecified atom stereocenters. The third-order valence-corrected chi connectivity index (χ3v) is 2.90. The highest BCUT2D eigenvalue weighted by Crippen LogP contribution is 2.19. The van der Waals surface area contributed by atoms with E-state index < -0.39 is 5.97 Å². The Balaban J connectivity index is 1.73. The fourth-order valence-electron chi connectivity index (χ4n) is 1.86. The standard InChI is InChI=1S/C11H18N4O3/c1-8(2)18-4-3-14-5-9(6-14)15-7-10(11(16)17)12-13-15/h7-9H,3-6H2,1-2H3,(H,16,17). The molecule has 0 aromatic carbocycles. The average molecular weight is 254 g/mol. The topological polar surface area (TPSA) is 80.5 Å². The molecular weight excluding hydrogens is 236 g/mol. The number of carboxylic acids is 1. The number of aromatic carboxylic acids is 1. The van der Waals surface area contributed by atoms with Crippen LogP contribution in [0.4, 0.5) is 0 Å². The van der Waals surface area contributed by atoms with Crippen molar-refractivity contribution in [1.82, 2.24) is 19.9 Å². The summed E-state index contributed by atoms with van der Waals surface area (Å²) in [5.74, 6) is -1.04. The van der Waals surface area contributed by atoms with Crippen LogP contribution in [0.25, 0.3) is 0 Å². The highest BCUT2D eigenvalue weighted by Gasteiger charge is 2.29. The van der Waals surface area contributed by atoms with Crippen LogP contribution >= 0.6 is 0 Å². The quantitative estimate of drug-likeness (QED) is 0.784. The fourth-order valence-corrected chi connectivity index (χ4v) is 1.86. The minimum absolute atomic E-state index is 0.00316. The van der Waals surface area contributed by atoms with Crippen molar-refractivity contribution in [3.05, 3.63) is 11.9 Å². The normalized spacial score (nSPS) is 17.1. The van der Waals surface area contributed by atoms with Gasteiger partial charge in [-0.15, -0.1) is 5.10 Å². The molecule has 1 aromatic rings. The lowest BCUT2D eigenvalue weighted by atomic mass is 10.1. The van der Waals surface area contributed by atoms with E-state index >= 15 is 0 Å². The molecule has 1 N–H and O–H groups in total. The maximum absolute atomic E-state index is 10.7. The van der Waals surface area contributed by atoms with Gasteiger partial charge in [-0.25, -0.2) is 9.48 Å². The largest absolute Gasteiger partial charge is 0.476 e. The lowest BCUT2D eigenvalue weighted by Gasteiger charge is -2.38. The van der Waals surface area contributed by atoms with Gasteiger partial charge in [-0.2, -0.15) is 0 Å². The number of ether oxygens (including phenoxy) is 1. The third-order valence-electron chi connectivity index (χ3n) is 2.90. The predicted octanol–water partition coefficient (Wildman–Crippen LogP) is 0.258. The zero-order valence-corrected chi connectivity index (χ0v) is 10.6. The van der Waals surface area contributed by atoms with Gasteiger partial charge in [-0.05, 0) is 13.8 Å². The zero-order valence-electron chi connectivity index (χ0n) is 10.6. The van der Waals surface area contributed by atoms with Crippen molar-refractivity contribution in [2.75, 3.05) is 26.2 Å². The third kappa shape index (κ3) is 3.05. The van der Waals surface area contributed by atoms with E-state index in [4.69, 9.17) is 9.84 Å². The molecule has 0 aliphatic carbocycles. The van der Waals surface area contributed by atoms with Crippen molar-refractivity contribution < 1.29 is 14.6 Å². The van der Waals surface area contributed by atoms with E-state index in [9.17, 15) is 4.79 Å². The van der Waals surface area contributed by atoms with E-state index in [2.05, 4.69) is 15.2 Å². The molecule has 2 rings (SSSR count). The van der Waals surface area contributed by atoms with E-state index in [1.807, 2.05) is 13.8 Å². The summed E-state index contributed by atoms with van der Waals surface area (Å²) >= 11 is 0. The predicted molar refractivity (Wildman–Crippen MR) is 63.5 cm³/mol. The zero-order chi connectivity index (χ0) is 13.1. The maximum atomic E-state index is 10.7. The van der Waals surface area contributed by atoms with Crippen molar-refractivity contribution >= 4 is 5.97 Å². The Kier molecular flexibility index (Phi) is 3.93. The number of carbonyl (C=O) groups is 1. The smallest absolute Gasteiger partial charge is 0.358 e. The van der Waals surface area contributed by atoms with Crippen LogP contribution in [0.5, 0.6) is 0 Å². The lowest BCUT2D eigenvalue weighted by molar-refractivity contribution is 0.0248. The summed E-state index contributed by atoms with van der Waals surface area (Å²) in [6.07, 6.45) is 1.74. The molecule has 1 fully saturated rings. The Morgan fingerprint density at radius 3 is 2.89 bits per heavy atom. The summed E-state index contributed by atoms with van der Waals surface area (Å²) in [4.78, 5) is 12.9. The molecule has 0 atom stereocenters. The fraction of sp³-hybridized carbons (Fsp3) is 0.727. The second-order valence-electron chi connectivity index (χ2n) is 4.72. The lowest BCUT2D eigenvalue weighted by Crippen LogP contribution is -2.49. The van der Waals surface area contributed by atoms with Crippen molar-refractivity contribution in [3.8, 4) is 0 Å². The molecule has 100 valence electrons.